The fourth-order valence-corrected chi connectivity index (χ4v) is 3.86. The van der Waals surface area contributed by atoms with Crippen LogP contribution in [0, 0.1) is 0 Å². The summed E-state index contributed by atoms with van der Waals surface area (Å²) in [5.41, 5.74) is 1.44. The zero-order chi connectivity index (χ0) is 13.2. The Morgan fingerprint density at radius 1 is 1.39 bits per heavy atom. The van der Waals surface area contributed by atoms with Gasteiger partial charge in [0, 0.05) is 9.80 Å². The van der Waals surface area contributed by atoms with Crippen LogP contribution in [-0.4, -0.2) is 17.0 Å². The van der Waals surface area contributed by atoms with Crippen molar-refractivity contribution in [2.75, 3.05) is 5.33 Å². The molecule has 1 aliphatic heterocycles. The Hall–Kier alpha value is 0.140. The van der Waals surface area contributed by atoms with Crippen LogP contribution in [0.5, 0.6) is 0 Å². The van der Waals surface area contributed by atoms with E-state index in [1.165, 1.54) is 22.9 Å². The molecule has 1 nitrogen and oxygen atoms in total. The van der Waals surface area contributed by atoms with E-state index in [4.69, 9.17) is 4.74 Å². The van der Waals surface area contributed by atoms with Crippen molar-refractivity contribution >= 4 is 31.9 Å². The predicted molar refractivity (Wildman–Crippen MR) is 83.5 cm³/mol. The molecule has 0 aliphatic carbocycles. The Morgan fingerprint density at radius 2 is 2.11 bits per heavy atom. The number of hydrogen-bond acceptors (Lipinski definition) is 1. The molecule has 1 aliphatic rings. The minimum Gasteiger partial charge on any atom is -0.372 e. The number of rotatable bonds is 4. The number of hydrogen-bond donors (Lipinski definition) is 0. The third kappa shape index (κ3) is 3.58. The molecule has 18 heavy (non-hydrogen) atoms. The molecule has 1 aromatic carbocycles. The maximum absolute atomic E-state index is 6.11. The van der Waals surface area contributed by atoms with E-state index in [-0.39, 0.29) is 5.60 Å². The van der Waals surface area contributed by atoms with Gasteiger partial charge in [-0.3, -0.25) is 0 Å². The standard InChI is InChI=1S/C15H20Br2O/c1-15(2)8-7-12(18-15)9-11(10-16)13-5-3-4-6-14(13)17/h3-6,11-12H,7-10H2,1-2H3. The zero-order valence-corrected chi connectivity index (χ0v) is 14.1. The lowest BCUT2D eigenvalue weighted by Gasteiger charge is -2.23. The van der Waals surface area contributed by atoms with Crippen molar-refractivity contribution in [3.05, 3.63) is 34.3 Å². The van der Waals surface area contributed by atoms with Crippen molar-refractivity contribution in [3.8, 4) is 0 Å². The summed E-state index contributed by atoms with van der Waals surface area (Å²) in [6.45, 7) is 4.38. The number of ether oxygens (including phenoxy) is 1. The van der Waals surface area contributed by atoms with Crippen LogP contribution in [0.25, 0.3) is 0 Å². The molecule has 3 heteroatoms. The van der Waals surface area contributed by atoms with Gasteiger partial charge in [-0.1, -0.05) is 50.1 Å². The summed E-state index contributed by atoms with van der Waals surface area (Å²) >= 11 is 7.29. The average molecular weight is 376 g/mol. The number of benzene rings is 1. The van der Waals surface area contributed by atoms with E-state index in [9.17, 15) is 0 Å². The molecule has 0 amide bonds. The second-order valence-electron chi connectivity index (χ2n) is 5.65. The Labute approximate surface area is 127 Å². The SMILES string of the molecule is CC1(C)CCC(CC(CBr)c2ccccc2Br)O1. The molecule has 1 heterocycles. The van der Waals surface area contributed by atoms with Gasteiger partial charge in [0.25, 0.3) is 0 Å². The molecule has 2 rings (SSSR count). The fourth-order valence-electron chi connectivity index (χ4n) is 2.64. The molecule has 0 spiro atoms. The molecule has 1 saturated heterocycles. The Balaban J connectivity index is 2.05. The van der Waals surface area contributed by atoms with E-state index < -0.39 is 0 Å². The van der Waals surface area contributed by atoms with Crippen LogP contribution in [0.1, 0.15) is 44.6 Å². The van der Waals surface area contributed by atoms with Crippen molar-refractivity contribution in [3.63, 3.8) is 0 Å². The summed E-state index contributed by atoms with van der Waals surface area (Å²) < 4.78 is 7.31. The lowest BCUT2D eigenvalue weighted by atomic mass is 9.93. The van der Waals surface area contributed by atoms with Gasteiger partial charge in [-0.15, -0.1) is 0 Å². The first-order valence-corrected chi connectivity index (χ1v) is 8.41. The van der Waals surface area contributed by atoms with Gasteiger partial charge in [-0.2, -0.15) is 0 Å². The summed E-state index contributed by atoms with van der Waals surface area (Å²) in [6, 6.07) is 8.49. The van der Waals surface area contributed by atoms with Gasteiger partial charge in [0.15, 0.2) is 0 Å². The topological polar surface area (TPSA) is 9.23 Å². The lowest BCUT2D eigenvalue weighted by molar-refractivity contribution is -0.0201. The minimum absolute atomic E-state index is 0.0649. The molecule has 0 saturated carbocycles. The van der Waals surface area contributed by atoms with Crippen molar-refractivity contribution in [2.24, 2.45) is 0 Å². The van der Waals surface area contributed by atoms with Crippen LogP contribution >= 0.6 is 31.9 Å². The van der Waals surface area contributed by atoms with Gasteiger partial charge in [0.2, 0.25) is 0 Å². The largest absolute Gasteiger partial charge is 0.372 e. The molecule has 0 N–H and O–H groups in total. The summed E-state index contributed by atoms with van der Waals surface area (Å²) in [7, 11) is 0. The number of alkyl halides is 1. The van der Waals surface area contributed by atoms with Crippen molar-refractivity contribution in [1.82, 2.24) is 0 Å². The molecule has 0 radical (unpaired) electrons. The third-order valence-electron chi connectivity index (χ3n) is 3.63. The molecule has 2 atom stereocenters. The van der Waals surface area contributed by atoms with Crippen molar-refractivity contribution in [1.29, 1.82) is 0 Å². The Kier molecular flexibility index (Phi) is 4.90. The van der Waals surface area contributed by atoms with E-state index in [2.05, 4.69) is 70.0 Å². The smallest absolute Gasteiger partial charge is 0.0631 e. The number of halogens is 2. The summed E-state index contributed by atoms with van der Waals surface area (Å²) in [5.74, 6) is 0.513. The Bertz CT molecular complexity index is 403. The van der Waals surface area contributed by atoms with Gasteiger partial charge in [-0.25, -0.2) is 0 Å². The highest BCUT2D eigenvalue weighted by Gasteiger charge is 2.33. The van der Waals surface area contributed by atoms with Crippen LogP contribution in [0.2, 0.25) is 0 Å². The fraction of sp³-hybridized carbons (Fsp3) is 0.600. The summed E-state index contributed by atoms with van der Waals surface area (Å²) in [4.78, 5) is 0. The van der Waals surface area contributed by atoms with E-state index in [0.717, 1.165) is 11.8 Å². The van der Waals surface area contributed by atoms with E-state index >= 15 is 0 Å². The van der Waals surface area contributed by atoms with E-state index in [0.29, 0.717) is 12.0 Å². The van der Waals surface area contributed by atoms with Gasteiger partial charge in [0.1, 0.15) is 0 Å². The molecule has 1 aromatic rings. The van der Waals surface area contributed by atoms with Gasteiger partial charge in [-0.05, 0) is 50.7 Å². The molecular weight excluding hydrogens is 356 g/mol. The zero-order valence-electron chi connectivity index (χ0n) is 11.0. The highest BCUT2D eigenvalue weighted by atomic mass is 79.9. The third-order valence-corrected chi connectivity index (χ3v) is 5.14. The quantitative estimate of drug-likeness (QED) is 0.651. The highest BCUT2D eigenvalue weighted by Crippen LogP contribution is 2.37. The summed E-state index contributed by atoms with van der Waals surface area (Å²) in [6.07, 6.45) is 3.84. The highest BCUT2D eigenvalue weighted by molar-refractivity contribution is 9.10. The average Bonchev–Trinajstić information content (AvgIpc) is 2.67. The maximum atomic E-state index is 6.11. The van der Waals surface area contributed by atoms with Crippen LogP contribution in [0.15, 0.2) is 28.7 Å². The summed E-state index contributed by atoms with van der Waals surface area (Å²) in [5, 5.41) is 0.982. The first kappa shape index (κ1) is 14.5. The van der Waals surface area contributed by atoms with E-state index in [1.807, 2.05) is 0 Å². The normalized spacial score (nSPS) is 24.1. The van der Waals surface area contributed by atoms with Gasteiger partial charge >= 0.3 is 0 Å². The van der Waals surface area contributed by atoms with Gasteiger partial charge in [0.05, 0.1) is 11.7 Å². The van der Waals surface area contributed by atoms with Crippen LogP contribution in [0.3, 0.4) is 0 Å². The first-order valence-electron chi connectivity index (χ1n) is 6.50. The minimum atomic E-state index is 0.0649. The Morgan fingerprint density at radius 3 is 2.67 bits per heavy atom. The molecule has 0 bridgehead atoms. The molecule has 0 aromatic heterocycles. The molecular formula is C15H20Br2O. The molecule has 2 unspecified atom stereocenters. The van der Waals surface area contributed by atoms with Crippen LogP contribution in [0.4, 0.5) is 0 Å². The van der Waals surface area contributed by atoms with Crippen molar-refractivity contribution in [2.45, 2.75) is 50.7 Å². The van der Waals surface area contributed by atoms with Gasteiger partial charge < -0.3 is 4.74 Å². The van der Waals surface area contributed by atoms with E-state index in [1.54, 1.807) is 0 Å². The van der Waals surface area contributed by atoms with Crippen LogP contribution in [-0.2, 0) is 4.74 Å². The van der Waals surface area contributed by atoms with Crippen LogP contribution < -0.4 is 0 Å². The molecule has 1 fully saturated rings. The van der Waals surface area contributed by atoms with Crippen molar-refractivity contribution < 1.29 is 4.74 Å². The molecule has 100 valence electrons. The second-order valence-corrected chi connectivity index (χ2v) is 7.15. The monoisotopic (exact) mass is 374 g/mol. The lowest BCUT2D eigenvalue weighted by Crippen LogP contribution is -2.21. The second kappa shape index (κ2) is 6.06. The first-order chi connectivity index (χ1) is 8.52. The maximum Gasteiger partial charge on any atom is 0.0631 e. The predicted octanol–water partition coefficient (Wildman–Crippen LogP) is 5.28.